The summed E-state index contributed by atoms with van der Waals surface area (Å²) in [5.41, 5.74) is 2.82. The third-order valence-corrected chi connectivity index (χ3v) is 5.16. The van der Waals surface area contributed by atoms with Crippen LogP contribution >= 0.6 is 0 Å². The van der Waals surface area contributed by atoms with Crippen molar-refractivity contribution in [3.8, 4) is 0 Å². The molecule has 2 aliphatic heterocycles. The molecule has 5 heteroatoms. The van der Waals surface area contributed by atoms with Crippen molar-refractivity contribution in [3.63, 3.8) is 0 Å². The van der Waals surface area contributed by atoms with Gasteiger partial charge >= 0.3 is 0 Å². The molecule has 1 fully saturated rings. The minimum absolute atomic E-state index is 0.133. The molecule has 0 spiro atoms. The van der Waals surface area contributed by atoms with Crippen molar-refractivity contribution in [2.75, 3.05) is 7.11 Å². The minimum Gasteiger partial charge on any atom is -0.377 e. The van der Waals surface area contributed by atoms with Gasteiger partial charge in [0.05, 0.1) is 6.04 Å². The van der Waals surface area contributed by atoms with E-state index in [4.69, 9.17) is 9.26 Å². The number of benzene rings is 1. The minimum atomic E-state index is 0.133. The molecule has 0 N–H and O–H groups in total. The molecule has 2 bridgehead atoms. The Morgan fingerprint density at radius 2 is 2.12 bits per heavy atom. The zero-order valence-corrected chi connectivity index (χ0v) is 14.2. The number of ether oxygens (including phenoxy) is 1. The van der Waals surface area contributed by atoms with E-state index in [1.165, 1.54) is 24.0 Å². The van der Waals surface area contributed by atoms with E-state index < -0.39 is 0 Å². The molecule has 5 nitrogen and oxygen atoms in total. The van der Waals surface area contributed by atoms with Crippen molar-refractivity contribution >= 4 is 5.57 Å². The van der Waals surface area contributed by atoms with E-state index in [1.807, 2.05) is 0 Å². The monoisotopic (exact) mass is 325 g/mol. The van der Waals surface area contributed by atoms with Crippen LogP contribution in [0.4, 0.5) is 0 Å². The largest absolute Gasteiger partial charge is 0.377 e. The number of hydrogen-bond donors (Lipinski definition) is 0. The molecular weight excluding hydrogens is 302 g/mol. The average molecular weight is 325 g/mol. The quantitative estimate of drug-likeness (QED) is 0.841. The van der Waals surface area contributed by atoms with Crippen molar-refractivity contribution in [1.29, 1.82) is 0 Å². The van der Waals surface area contributed by atoms with Gasteiger partial charge in [-0.15, -0.1) is 0 Å². The van der Waals surface area contributed by atoms with Crippen LogP contribution in [0.1, 0.15) is 49.5 Å². The van der Waals surface area contributed by atoms with Crippen LogP contribution in [0.5, 0.6) is 0 Å². The fraction of sp³-hybridized carbons (Fsp3) is 0.474. The van der Waals surface area contributed by atoms with Gasteiger partial charge in [0.2, 0.25) is 5.89 Å². The molecule has 0 aliphatic carbocycles. The maximum Gasteiger partial charge on any atom is 0.243 e. The lowest BCUT2D eigenvalue weighted by atomic mass is 9.94. The lowest BCUT2D eigenvalue weighted by Crippen LogP contribution is -2.40. The highest BCUT2D eigenvalue weighted by molar-refractivity contribution is 5.68. The first kappa shape index (κ1) is 15.5. The zero-order valence-electron chi connectivity index (χ0n) is 14.2. The Bertz CT molecular complexity index is 725. The fourth-order valence-corrected chi connectivity index (χ4v) is 4.09. The van der Waals surface area contributed by atoms with Gasteiger partial charge in [0, 0.05) is 19.2 Å². The summed E-state index contributed by atoms with van der Waals surface area (Å²) in [7, 11) is 1.64. The highest BCUT2D eigenvalue weighted by Gasteiger charge is 2.41. The summed E-state index contributed by atoms with van der Waals surface area (Å²) in [6.45, 7) is 2.55. The van der Waals surface area contributed by atoms with E-state index in [9.17, 15) is 0 Å². The highest BCUT2D eigenvalue weighted by Crippen LogP contribution is 2.42. The molecule has 3 heterocycles. The number of hydrogen-bond acceptors (Lipinski definition) is 5. The number of aromatic nitrogens is 2. The van der Waals surface area contributed by atoms with Crippen LogP contribution < -0.4 is 0 Å². The molecule has 3 atom stereocenters. The first-order valence-corrected chi connectivity index (χ1v) is 8.61. The Hall–Kier alpha value is -1.98. The van der Waals surface area contributed by atoms with Gasteiger partial charge in [-0.05, 0) is 37.3 Å². The first-order valence-electron chi connectivity index (χ1n) is 8.61. The molecular formula is C19H23N3O2. The number of nitrogens with zero attached hydrogens (tertiary/aromatic N) is 3. The predicted molar refractivity (Wildman–Crippen MR) is 91.1 cm³/mol. The molecule has 2 aliphatic rings. The Balaban J connectivity index is 1.56. The van der Waals surface area contributed by atoms with Gasteiger partial charge in [0.15, 0.2) is 5.82 Å². The highest BCUT2D eigenvalue weighted by atomic mass is 16.5. The molecule has 0 amide bonds. The Morgan fingerprint density at radius 3 is 2.88 bits per heavy atom. The Labute approximate surface area is 142 Å². The van der Waals surface area contributed by atoms with E-state index in [-0.39, 0.29) is 6.04 Å². The molecule has 1 aromatic carbocycles. The molecule has 2 aromatic rings. The van der Waals surface area contributed by atoms with Crippen LogP contribution in [0.3, 0.4) is 0 Å². The van der Waals surface area contributed by atoms with Crippen LogP contribution in [-0.2, 0) is 11.3 Å². The summed E-state index contributed by atoms with van der Waals surface area (Å²) >= 11 is 0. The second-order valence-corrected chi connectivity index (χ2v) is 6.67. The van der Waals surface area contributed by atoms with E-state index in [0.29, 0.717) is 30.4 Å². The Morgan fingerprint density at radius 1 is 1.29 bits per heavy atom. The number of rotatable bonds is 5. The summed E-state index contributed by atoms with van der Waals surface area (Å²) in [4.78, 5) is 7.02. The van der Waals surface area contributed by atoms with Crippen LogP contribution in [-0.4, -0.2) is 34.2 Å². The summed E-state index contributed by atoms with van der Waals surface area (Å²) < 4.78 is 10.5. The third-order valence-electron chi connectivity index (χ3n) is 5.16. The number of methoxy groups -OCH3 is 1. The molecule has 126 valence electrons. The van der Waals surface area contributed by atoms with Crippen LogP contribution in [0, 0.1) is 0 Å². The van der Waals surface area contributed by atoms with Crippen molar-refractivity contribution in [1.82, 2.24) is 15.0 Å². The van der Waals surface area contributed by atoms with Gasteiger partial charge in [0.25, 0.3) is 0 Å². The van der Waals surface area contributed by atoms with Gasteiger partial charge in [0.1, 0.15) is 6.61 Å². The topological polar surface area (TPSA) is 51.4 Å². The lowest BCUT2D eigenvalue weighted by Gasteiger charge is -2.37. The second-order valence-electron chi connectivity index (χ2n) is 6.67. The molecule has 0 saturated carbocycles. The summed E-state index contributed by atoms with van der Waals surface area (Å²) in [5.74, 6) is 1.31. The first-order chi connectivity index (χ1) is 11.8. The van der Waals surface area contributed by atoms with E-state index in [2.05, 4.69) is 58.4 Å². The molecule has 1 saturated heterocycles. The molecule has 1 aromatic heterocycles. The van der Waals surface area contributed by atoms with E-state index in [1.54, 1.807) is 7.11 Å². The van der Waals surface area contributed by atoms with Gasteiger partial charge in [-0.2, -0.15) is 4.98 Å². The van der Waals surface area contributed by atoms with Crippen LogP contribution in [0.15, 0.2) is 40.9 Å². The summed E-state index contributed by atoms with van der Waals surface area (Å²) in [6.07, 6.45) is 5.94. The van der Waals surface area contributed by atoms with Crippen molar-refractivity contribution in [2.24, 2.45) is 0 Å². The normalized spacial score (nSPS) is 24.8. The average Bonchev–Trinajstić information content (AvgIpc) is 3.18. The maximum absolute atomic E-state index is 5.46. The second kappa shape index (κ2) is 6.49. The summed E-state index contributed by atoms with van der Waals surface area (Å²) in [6, 6.07) is 11.8. The third kappa shape index (κ3) is 2.78. The van der Waals surface area contributed by atoms with E-state index >= 15 is 0 Å². The maximum atomic E-state index is 5.46. The Kier molecular flexibility index (Phi) is 4.21. The van der Waals surface area contributed by atoms with Gasteiger partial charge in [-0.3, -0.25) is 4.90 Å². The van der Waals surface area contributed by atoms with Gasteiger partial charge in [-0.25, -0.2) is 0 Å². The SMILES string of the molecule is COCc1noc([C@H](C)N2[C@@H]3CC[C@@H]2C=C(c2ccccc2)C3)n1. The smallest absolute Gasteiger partial charge is 0.243 e. The van der Waals surface area contributed by atoms with E-state index in [0.717, 1.165) is 6.42 Å². The van der Waals surface area contributed by atoms with Crippen LogP contribution in [0.2, 0.25) is 0 Å². The molecule has 4 rings (SSSR count). The zero-order chi connectivity index (χ0) is 16.5. The van der Waals surface area contributed by atoms with Crippen molar-refractivity contribution in [2.45, 2.75) is 50.9 Å². The van der Waals surface area contributed by atoms with Crippen molar-refractivity contribution < 1.29 is 9.26 Å². The lowest BCUT2D eigenvalue weighted by molar-refractivity contribution is 0.128. The molecule has 0 radical (unpaired) electrons. The molecule has 0 unspecified atom stereocenters. The van der Waals surface area contributed by atoms with Crippen LogP contribution in [0.25, 0.3) is 5.57 Å². The van der Waals surface area contributed by atoms with Gasteiger partial charge in [-0.1, -0.05) is 41.6 Å². The van der Waals surface area contributed by atoms with Crippen molar-refractivity contribution in [3.05, 3.63) is 53.7 Å². The fourth-order valence-electron chi connectivity index (χ4n) is 4.09. The molecule has 24 heavy (non-hydrogen) atoms. The van der Waals surface area contributed by atoms with Gasteiger partial charge < -0.3 is 9.26 Å². The standard InChI is InChI=1S/C19H23N3O2/c1-13(19-20-18(12-23-2)21-24-19)22-16-8-9-17(22)11-15(10-16)14-6-4-3-5-7-14/h3-7,10,13,16-17H,8-9,11-12H2,1-2H3/t13-,16+,17+/m0/s1. The predicted octanol–water partition coefficient (Wildman–Crippen LogP) is 3.60. The number of fused-ring (bicyclic) bond motifs is 2. The summed E-state index contributed by atoms with van der Waals surface area (Å²) in [5, 5.41) is 4.00.